The van der Waals surface area contributed by atoms with Crippen molar-refractivity contribution in [3.63, 3.8) is 0 Å². The summed E-state index contributed by atoms with van der Waals surface area (Å²) < 4.78 is 5.02. The maximum absolute atomic E-state index is 12.3. The highest BCUT2D eigenvalue weighted by Gasteiger charge is 2.29. The fraction of sp³-hybridized carbons (Fsp3) is 0.182. The molecule has 0 saturated heterocycles. The molecule has 2 aromatic rings. The predicted molar refractivity (Wildman–Crippen MR) is 105 cm³/mol. The molecule has 0 unspecified atom stereocenters. The molecule has 0 aromatic heterocycles. The summed E-state index contributed by atoms with van der Waals surface area (Å²) in [6, 6.07) is 15.2. The van der Waals surface area contributed by atoms with E-state index in [1.54, 1.807) is 42.6 Å². The Morgan fingerprint density at radius 3 is 2.41 bits per heavy atom. The van der Waals surface area contributed by atoms with E-state index in [9.17, 15) is 19.2 Å². The van der Waals surface area contributed by atoms with Crippen LogP contribution in [0.2, 0.25) is 0 Å². The van der Waals surface area contributed by atoms with Crippen LogP contribution in [0, 0.1) is 0 Å². The highest BCUT2D eigenvalue weighted by Crippen LogP contribution is 2.32. The number of imide groups is 1. The Kier molecular flexibility index (Phi) is 6.19. The molecule has 0 saturated carbocycles. The molecule has 3 amide bonds. The normalized spacial score (nSPS) is 14.7. The Balaban J connectivity index is 1.58. The number of hydrogen-bond donors (Lipinski definition) is 1. The third-order valence-electron chi connectivity index (χ3n) is 4.48. The lowest BCUT2D eigenvalue weighted by molar-refractivity contribution is -0.150. The van der Waals surface area contributed by atoms with Crippen molar-refractivity contribution in [1.82, 2.24) is 10.2 Å². The number of carbonyl (C=O) groups is 4. The van der Waals surface area contributed by atoms with Crippen LogP contribution in [-0.2, 0) is 19.1 Å². The first-order valence-corrected chi connectivity index (χ1v) is 9.06. The lowest BCUT2D eigenvalue weighted by atomic mass is 9.94. The Bertz CT molecular complexity index is 968. The van der Waals surface area contributed by atoms with Crippen molar-refractivity contribution in [2.45, 2.75) is 19.4 Å². The van der Waals surface area contributed by atoms with E-state index in [2.05, 4.69) is 5.32 Å². The molecule has 7 nitrogen and oxygen atoms in total. The van der Waals surface area contributed by atoms with Crippen molar-refractivity contribution < 1.29 is 23.9 Å². The summed E-state index contributed by atoms with van der Waals surface area (Å²) in [5, 5.41) is 2.17. The molecule has 0 radical (unpaired) electrons. The zero-order chi connectivity index (χ0) is 20.8. The van der Waals surface area contributed by atoms with Gasteiger partial charge in [0.25, 0.3) is 11.8 Å². The van der Waals surface area contributed by atoms with Gasteiger partial charge in [-0.2, -0.15) is 0 Å². The standard InChI is InChI=1S/C22H20N2O5/c1-15(25)24-12-11-16-7-5-6-10-18(16)19(24)13-21(27)29-14-20(26)23-22(28)17-8-3-2-4-9-17/h2-12,19H,13-14H2,1H3,(H,23,26,28)/t19-/m1/s1. The van der Waals surface area contributed by atoms with Gasteiger partial charge in [-0.1, -0.05) is 42.5 Å². The number of ether oxygens (including phenoxy) is 1. The van der Waals surface area contributed by atoms with Crippen molar-refractivity contribution in [1.29, 1.82) is 0 Å². The van der Waals surface area contributed by atoms with Crippen LogP contribution in [0.3, 0.4) is 0 Å². The number of carbonyl (C=O) groups excluding carboxylic acids is 4. The number of hydrogen-bond acceptors (Lipinski definition) is 5. The molecule has 29 heavy (non-hydrogen) atoms. The summed E-state index contributed by atoms with van der Waals surface area (Å²) in [6.45, 7) is 0.834. The topological polar surface area (TPSA) is 92.8 Å². The molecule has 0 bridgehead atoms. The monoisotopic (exact) mass is 392 g/mol. The molecule has 3 rings (SSSR count). The first-order chi connectivity index (χ1) is 14.0. The minimum atomic E-state index is -0.723. The van der Waals surface area contributed by atoms with E-state index >= 15 is 0 Å². The summed E-state index contributed by atoms with van der Waals surface area (Å²) in [7, 11) is 0. The minimum Gasteiger partial charge on any atom is -0.455 e. The van der Waals surface area contributed by atoms with Crippen LogP contribution in [0.1, 0.15) is 40.9 Å². The molecule has 0 fully saturated rings. The maximum atomic E-state index is 12.3. The minimum absolute atomic E-state index is 0.110. The van der Waals surface area contributed by atoms with Crippen LogP contribution in [0.15, 0.2) is 60.8 Å². The van der Waals surface area contributed by atoms with E-state index in [4.69, 9.17) is 4.74 Å². The van der Waals surface area contributed by atoms with Gasteiger partial charge in [0.1, 0.15) is 0 Å². The van der Waals surface area contributed by atoms with Crippen LogP contribution < -0.4 is 5.32 Å². The molecule has 0 spiro atoms. The number of nitrogens with one attached hydrogen (secondary N) is 1. The zero-order valence-corrected chi connectivity index (χ0v) is 15.8. The summed E-state index contributed by atoms with van der Waals surface area (Å²) in [5.41, 5.74) is 2.06. The third kappa shape index (κ3) is 4.95. The second-order valence-corrected chi connectivity index (χ2v) is 6.49. The van der Waals surface area contributed by atoms with Crippen molar-refractivity contribution >= 4 is 29.8 Å². The van der Waals surface area contributed by atoms with E-state index < -0.39 is 30.4 Å². The summed E-state index contributed by atoms with van der Waals surface area (Å²) in [5.74, 6) is -2.14. The van der Waals surface area contributed by atoms with E-state index in [0.29, 0.717) is 5.56 Å². The Hall–Kier alpha value is -3.74. The summed E-state index contributed by atoms with van der Waals surface area (Å²) >= 11 is 0. The second kappa shape index (κ2) is 8.97. The molecule has 148 valence electrons. The number of benzene rings is 2. The molecule has 1 heterocycles. The molecule has 1 atom stereocenters. The van der Waals surface area contributed by atoms with Crippen LogP contribution in [0.4, 0.5) is 0 Å². The molecule has 2 aromatic carbocycles. The summed E-state index contributed by atoms with van der Waals surface area (Å²) in [4.78, 5) is 49.6. The molecule has 1 N–H and O–H groups in total. The SMILES string of the molecule is CC(=O)N1C=Cc2ccccc2[C@H]1CC(=O)OCC(=O)NC(=O)c1ccccc1. The molecule has 0 aliphatic carbocycles. The highest BCUT2D eigenvalue weighted by atomic mass is 16.5. The largest absolute Gasteiger partial charge is 0.455 e. The second-order valence-electron chi connectivity index (χ2n) is 6.49. The van der Waals surface area contributed by atoms with E-state index in [0.717, 1.165) is 11.1 Å². The number of esters is 1. The molecule has 1 aliphatic heterocycles. The van der Waals surface area contributed by atoms with Gasteiger partial charge >= 0.3 is 5.97 Å². The van der Waals surface area contributed by atoms with Gasteiger partial charge in [0.05, 0.1) is 12.5 Å². The lowest BCUT2D eigenvalue weighted by Gasteiger charge is -2.32. The number of fused-ring (bicyclic) bond motifs is 1. The van der Waals surface area contributed by atoms with E-state index in [1.165, 1.54) is 11.8 Å². The van der Waals surface area contributed by atoms with Gasteiger partial charge in [0, 0.05) is 18.7 Å². The van der Waals surface area contributed by atoms with Crippen LogP contribution in [-0.4, -0.2) is 35.2 Å². The fourth-order valence-corrected chi connectivity index (χ4v) is 3.10. The average molecular weight is 392 g/mol. The van der Waals surface area contributed by atoms with E-state index in [1.807, 2.05) is 24.3 Å². The summed E-state index contributed by atoms with van der Waals surface area (Å²) in [6.07, 6.45) is 3.33. The predicted octanol–water partition coefficient (Wildman–Crippen LogP) is 2.45. The zero-order valence-electron chi connectivity index (χ0n) is 15.8. The van der Waals surface area contributed by atoms with Gasteiger partial charge < -0.3 is 9.64 Å². The highest BCUT2D eigenvalue weighted by molar-refractivity contribution is 6.05. The van der Waals surface area contributed by atoms with Gasteiger partial charge in [0.2, 0.25) is 5.91 Å². The van der Waals surface area contributed by atoms with Gasteiger partial charge in [-0.25, -0.2) is 0 Å². The van der Waals surface area contributed by atoms with Crippen LogP contribution in [0.5, 0.6) is 0 Å². The van der Waals surface area contributed by atoms with Gasteiger partial charge in [-0.3, -0.25) is 24.5 Å². The number of nitrogens with zero attached hydrogens (tertiary/aromatic N) is 1. The number of rotatable bonds is 5. The van der Waals surface area contributed by atoms with Crippen molar-refractivity contribution in [2.24, 2.45) is 0 Å². The van der Waals surface area contributed by atoms with Gasteiger partial charge in [-0.15, -0.1) is 0 Å². The number of amides is 3. The maximum Gasteiger partial charge on any atom is 0.308 e. The first-order valence-electron chi connectivity index (χ1n) is 9.06. The average Bonchev–Trinajstić information content (AvgIpc) is 2.73. The lowest BCUT2D eigenvalue weighted by Crippen LogP contribution is -2.35. The van der Waals surface area contributed by atoms with Crippen molar-refractivity contribution in [3.8, 4) is 0 Å². The Morgan fingerprint density at radius 1 is 1.00 bits per heavy atom. The van der Waals surface area contributed by atoms with Crippen molar-refractivity contribution in [3.05, 3.63) is 77.5 Å². The quantitative estimate of drug-likeness (QED) is 0.789. The van der Waals surface area contributed by atoms with Gasteiger partial charge in [-0.05, 0) is 29.3 Å². The smallest absolute Gasteiger partial charge is 0.308 e. The molecule has 1 aliphatic rings. The Labute approximate surface area is 168 Å². The first kappa shape index (κ1) is 20.0. The molecule has 7 heteroatoms. The van der Waals surface area contributed by atoms with E-state index in [-0.39, 0.29) is 12.3 Å². The molecular weight excluding hydrogens is 372 g/mol. The van der Waals surface area contributed by atoms with Gasteiger partial charge in [0.15, 0.2) is 6.61 Å². The van der Waals surface area contributed by atoms with Crippen LogP contribution >= 0.6 is 0 Å². The molecular formula is C22H20N2O5. The Morgan fingerprint density at radius 2 is 1.69 bits per heavy atom. The van der Waals surface area contributed by atoms with Crippen molar-refractivity contribution in [2.75, 3.05) is 6.61 Å². The fourth-order valence-electron chi connectivity index (χ4n) is 3.10. The van der Waals surface area contributed by atoms with Crippen LogP contribution in [0.25, 0.3) is 6.08 Å². The third-order valence-corrected chi connectivity index (χ3v) is 4.48.